The number of quaternary nitrogens is 1. The molecule has 8 nitrogen and oxygen atoms in total. The number of nitrogens with zero attached hydrogens (tertiary/aromatic N) is 4. The summed E-state index contributed by atoms with van der Waals surface area (Å²) in [6.07, 6.45) is 6.38. The molecule has 1 amide bonds. The maximum Gasteiger partial charge on any atom is 0.300 e. The van der Waals surface area contributed by atoms with Crippen LogP contribution >= 0.6 is 0 Å². The Morgan fingerprint density at radius 2 is 2.36 bits per heavy atom. The smallest absolute Gasteiger partial charge is 0.300 e. The molecule has 3 N–H and O–H groups in total. The Bertz CT molecular complexity index is 701. The minimum Gasteiger partial charge on any atom is -0.461 e. The number of unbranched alkanes of at least 4 members (excludes halogenated alkanes) is 1. The van der Waals surface area contributed by atoms with Gasteiger partial charge in [0.05, 0.1) is 6.26 Å². The van der Waals surface area contributed by atoms with Crippen molar-refractivity contribution in [2.75, 3.05) is 6.54 Å². The van der Waals surface area contributed by atoms with Crippen molar-refractivity contribution >= 4 is 23.8 Å². The second kappa shape index (κ2) is 5.66. The van der Waals surface area contributed by atoms with Crippen molar-refractivity contribution in [3.8, 4) is 0 Å². The van der Waals surface area contributed by atoms with Crippen LogP contribution in [0.4, 0.5) is 0 Å². The molecule has 1 unspecified atom stereocenters. The molecule has 0 fully saturated rings. The maximum atomic E-state index is 12.0. The van der Waals surface area contributed by atoms with Crippen molar-refractivity contribution < 1.29 is 13.9 Å². The zero-order valence-corrected chi connectivity index (χ0v) is 12.2. The molecule has 0 bridgehead atoms. The zero-order chi connectivity index (χ0) is 15.6. The van der Waals surface area contributed by atoms with Gasteiger partial charge in [-0.15, -0.1) is 5.84 Å². The first-order valence-corrected chi connectivity index (χ1v) is 7.08. The predicted molar refractivity (Wildman–Crippen MR) is 81.6 cm³/mol. The summed E-state index contributed by atoms with van der Waals surface area (Å²) in [5, 5.41) is 7.10. The average Bonchev–Trinajstić information content (AvgIpc) is 3.12. The number of nitrogens with two attached hydrogens (primary N) is 1. The molecule has 0 spiro atoms. The van der Waals surface area contributed by atoms with Crippen molar-refractivity contribution in [3.63, 3.8) is 0 Å². The number of fused-ring (bicyclic) bond motifs is 1. The van der Waals surface area contributed by atoms with Crippen molar-refractivity contribution in [2.24, 2.45) is 20.9 Å². The van der Waals surface area contributed by atoms with Crippen LogP contribution in [-0.2, 0) is 4.79 Å². The van der Waals surface area contributed by atoms with Crippen LogP contribution in [0.5, 0.6) is 0 Å². The van der Waals surface area contributed by atoms with Gasteiger partial charge in [-0.1, -0.05) is 13.3 Å². The molecule has 3 rings (SSSR count). The Morgan fingerprint density at radius 1 is 1.50 bits per heavy atom. The monoisotopic (exact) mass is 301 g/mol. The number of hydrogen-bond donors (Lipinski definition) is 2. The molecule has 0 aromatic carbocycles. The number of nitrogens with one attached hydrogen (secondary N) is 1. The van der Waals surface area contributed by atoms with Gasteiger partial charge in [0.15, 0.2) is 17.7 Å². The summed E-state index contributed by atoms with van der Waals surface area (Å²) in [5.74, 6) is 7.22. The van der Waals surface area contributed by atoms with E-state index in [1.54, 1.807) is 12.1 Å². The normalized spacial score (nSPS) is 22.7. The van der Waals surface area contributed by atoms with Gasteiger partial charge in [0.1, 0.15) is 6.21 Å². The summed E-state index contributed by atoms with van der Waals surface area (Å²) in [7, 11) is 0. The summed E-state index contributed by atoms with van der Waals surface area (Å²) < 4.78 is 4.83. The maximum absolute atomic E-state index is 12.0. The Hall–Kier alpha value is -2.58. The van der Waals surface area contributed by atoms with Crippen LogP contribution in [0.15, 0.2) is 49.8 Å². The molecular formula is C14H17N6O2+. The quantitative estimate of drug-likeness (QED) is 0.479. The van der Waals surface area contributed by atoms with Gasteiger partial charge in [-0.05, 0) is 28.4 Å². The summed E-state index contributed by atoms with van der Waals surface area (Å²) >= 11 is 0. The highest BCUT2D eigenvalue weighted by atomic mass is 16.3. The van der Waals surface area contributed by atoms with E-state index in [1.165, 1.54) is 18.7 Å². The predicted octanol–water partition coefficient (Wildman–Crippen LogP) is 0.886. The highest BCUT2D eigenvalue weighted by Crippen LogP contribution is 2.21. The Morgan fingerprint density at radius 3 is 3.09 bits per heavy atom. The van der Waals surface area contributed by atoms with Crippen molar-refractivity contribution in [1.82, 2.24) is 5.32 Å². The number of amides is 1. The second-order valence-corrected chi connectivity index (χ2v) is 4.99. The van der Waals surface area contributed by atoms with Gasteiger partial charge in [-0.2, -0.15) is 4.99 Å². The van der Waals surface area contributed by atoms with E-state index in [4.69, 9.17) is 10.3 Å². The molecule has 8 heteroatoms. The van der Waals surface area contributed by atoms with E-state index in [0.29, 0.717) is 24.0 Å². The van der Waals surface area contributed by atoms with Crippen molar-refractivity contribution in [3.05, 3.63) is 36.1 Å². The van der Waals surface area contributed by atoms with Gasteiger partial charge in [0, 0.05) is 6.54 Å². The summed E-state index contributed by atoms with van der Waals surface area (Å²) in [4.78, 5) is 20.4. The number of aliphatic imine (C=N–C) groups is 2. The molecule has 1 atom stereocenters. The van der Waals surface area contributed by atoms with Gasteiger partial charge >= 0.3 is 0 Å². The first kappa shape index (κ1) is 14.4. The lowest BCUT2D eigenvalue weighted by atomic mass is 10.3. The fraction of sp³-hybridized carbons (Fsp3) is 0.286. The Labute approximate surface area is 127 Å². The molecule has 1 aromatic heterocycles. The summed E-state index contributed by atoms with van der Waals surface area (Å²) in [5.41, 5.74) is 0.224. The van der Waals surface area contributed by atoms with E-state index < -0.39 is 4.70 Å². The fourth-order valence-corrected chi connectivity index (χ4v) is 2.08. The van der Waals surface area contributed by atoms with E-state index in [2.05, 4.69) is 27.3 Å². The third-order valence-corrected chi connectivity index (χ3v) is 3.28. The molecule has 0 aliphatic carbocycles. The Kier molecular flexibility index (Phi) is 3.70. The van der Waals surface area contributed by atoms with E-state index in [-0.39, 0.29) is 11.6 Å². The standard InChI is InChI=1S/C14H16N6O2/c1-2-3-6-16-14(21)10-9-20(15)12(8-17-10)18-13(19-20)11-5-4-7-22-11/h4-5,7-9H,2-3,6,15H2,1H3/p+1. The number of rotatable bonds is 5. The largest absolute Gasteiger partial charge is 0.461 e. The second-order valence-electron chi connectivity index (χ2n) is 4.99. The van der Waals surface area contributed by atoms with Crippen LogP contribution in [0.2, 0.25) is 0 Å². The molecule has 2 aliphatic heterocycles. The minimum absolute atomic E-state index is 0.224. The van der Waals surface area contributed by atoms with Gasteiger partial charge < -0.3 is 9.73 Å². The number of amidine groups is 2. The Balaban J connectivity index is 1.81. The van der Waals surface area contributed by atoms with Crippen LogP contribution in [0.3, 0.4) is 0 Å². The van der Waals surface area contributed by atoms with Crippen molar-refractivity contribution in [1.29, 1.82) is 0 Å². The number of carbonyl (C=O) groups is 1. The molecule has 114 valence electrons. The third-order valence-electron chi connectivity index (χ3n) is 3.28. The van der Waals surface area contributed by atoms with Crippen LogP contribution in [0.25, 0.3) is 0 Å². The molecule has 22 heavy (non-hydrogen) atoms. The van der Waals surface area contributed by atoms with Crippen LogP contribution < -0.4 is 11.2 Å². The SMILES string of the molecule is CCCCNC(=O)C1=C[N+]2(N)N=C(c3ccco3)N=C2C=N1. The van der Waals surface area contributed by atoms with E-state index in [0.717, 1.165) is 12.8 Å². The van der Waals surface area contributed by atoms with Crippen LogP contribution in [0.1, 0.15) is 25.5 Å². The minimum atomic E-state index is -0.434. The van der Waals surface area contributed by atoms with Gasteiger partial charge in [0.2, 0.25) is 0 Å². The van der Waals surface area contributed by atoms with Crippen LogP contribution in [0, 0.1) is 0 Å². The highest BCUT2D eigenvalue weighted by molar-refractivity contribution is 6.31. The highest BCUT2D eigenvalue weighted by Gasteiger charge is 2.41. The van der Waals surface area contributed by atoms with Gasteiger partial charge in [-0.25, -0.2) is 4.99 Å². The van der Waals surface area contributed by atoms with E-state index in [9.17, 15) is 4.79 Å². The zero-order valence-electron chi connectivity index (χ0n) is 12.2. The molecule has 1 aromatic rings. The number of furan rings is 1. The lowest BCUT2D eigenvalue weighted by molar-refractivity contribution is -0.803. The van der Waals surface area contributed by atoms with E-state index >= 15 is 0 Å². The molecule has 3 heterocycles. The molecular weight excluding hydrogens is 284 g/mol. The fourth-order valence-electron chi connectivity index (χ4n) is 2.08. The summed E-state index contributed by atoms with van der Waals surface area (Å²) in [6, 6.07) is 3.49. The summed E-state index contributed by atoms with van der Waals surface area (Å²) in [6.45, 7) is 2.66. The third kappa shape index (κ3) is 2.61. The van der Waals surface area contributed by atoms with Crippen LogP contribution in [-0.4, -0.2) is 35.0 Å². The molecule has 0 saturated carbocycles. The first-order valence-electron chi connectivity index (χ1n) is 7.08. The topological polar surface area (TPSA) is 105 Å². The molecule has 2 aliphatic rings. The molecule has 0 saturated heterocycles. The van der Waals surface area contributed by atoms with Gasteiger partial charge in [-0.3, -0.25) is 4.79 Å². The molecule has 0 radical (unpaired) electrons. The lowest BCUT2D eigenvalue weighted by Gasteiger charge is -2.19. The number of carbonyl (C=O) groups excluding carboxylic acids is 1. The lowest BCUT2D eigenvalue weighted by Crippen LogP contribution is -2.51. The first-order chi connectivity index (χ1) is 10.6. The van der Waals surface area contributed by atoms with E-state index in [1.807, 2.05) is 0 Å². The van der Waals surface area contributed by atoms with Gasteiger partial charge in [0.25, 0.3) is 17.6 Å². The number of hydrogen-bond acceptors (Lipinski definition) is 6. The van der Waals surface area contributed by atoms with Crippen molar-refractivity contribution in [2.45, 2.75) is 19.8 Å². The average molecular weight is 301 g/mol.